The quantitative estimate of drug-likeness (QED) is 0.825. The number of hydrogen-bond acceptors (Lipinski definition) is 4. The van der Waals surface area contributed by atoms with Gasteiger partial charge in [-0.15, -0.1) is 0 Å². The SMILES string of the molecule is CCCn1c(-c2cccn(CCOC)c2=O)n[nH]c1=S. The van der Waals surface area contributed by atoms with Gasteiger partial charge in [-0.2, -0.15) is 5.10 Å². The highest BCUT2D eigenvalue weighted by molar-refractivity contribution is 7.71. The number of rotatable bonds is 6. The van der Waals surface area contributed by atoms with Crippen LogP contribution >= 0.6 is 12.2 Å². The predicted octanol–water partition coefficient (Wildman–Crippen LogP) is 1.83. The summed E-state index contributed by atoms with van der Waals surface area (Å²) in [6, 6.07) is 3.60. The van der Waals surface area contributed by atoms with Gasteiger partial charge in [-0.1, -0.05) is 6.92 Å². The largest absolute Gasteiger partial charge is 0.383 e. The highest BCUT2D eigenvalue weighted by Crippen LogP contribution is 2.13. The van der Waals surface area contributed by atoms with E-state index in [1.807, 2.05) is 10.6 Å². The molecular formula is C13H18N4O2S. The molecule has 0 saturated carbocycles. The highest BCUT2D eigenvalue weighted by Gasteiger charge is 2.13. The Balaban J connectivity index is 2.48. The first kappa shape index (κ1) is 14.7. The van der Waals surface area contributed by atoms with Gasteiger partial charge in [-0.05, 0) is 30.8 Å². The minimum Gasteiger partial charge on any atom is -0.383 e. The van der Waals surface area contributed by atoms with Crippen LogP contribution in [0.5, 0.6) is 0 Å². The Bertz CT molecular complexity index is 686. The van der Waals surface area contributed by atoms with Crippen molar-refractivity contribution < 1.29 is 4.74 Å². The predicted molar refractivity (Wildman–Crippen MR) is 79.3 cm³/mol. The Kier molecular flexibility index (Phi) is 4.86. The third-order valence-electron chi connectivity index (χ3n) is 3.00. The van der Waals surface area contributed by atoms with Gasteiger partial charge < -0.3 is 13.9 Å². The van der Waals surface area contributed by atoms with E-state index in [9.17, 15) is 4.79 Å². The van der Waals surface area contributed by atoms with Gasteiger partial charge in [0.2, 0.25) is 0 Å². The van der Waals surface area contributed by atoms with Crippen LogP contribution in [0.2, 0.25) is 0 Å². The van der Waals surface area contributed by atoms with Crippen LogP contribution in [0.3, 0.4) is 0 Å². The van der Waals surface area contributed by atoms with Crippen molar-refractivity contribution >= 4 is 12.2 Å². The Hall–Kier alpha value is -1.73. The summed E-state index contributed by atoms with van der Waals surface area (Å²) in [7, 11) is 1.61. The number of aromatic amines is 1. The van der Waals surface area contributed by atoms with Crippen LogP contribution in [0.25, 0.3) is 11.4 Å². The molecule has 108 valence electrons. The van der Waals surface area contributed by atoms with Crippen LogP contribution in [0.15, 0.2) is 23.1 Å². The Labute approximate surface area is 122 Å². The number of nitrogens with one attached hydrogen (secondary N) is 1. The van der Waals surface area contributed by atoms with Crippen molar-refractivity contribution in [3.8, 4) is 11.4 Å². The molecule has 2 rings (SSSR count). The summed E-state index contributed by atoms with van der Waals surface area (Å²) >= 11 is 5.20. The normalized spacial score (nSPS) is 10.9. The molecule has 0 spiro atoms. The Morgan fingerprint density at radius 1 is 1.45 bits per heavy atom. The van der Waals surface area contributed by atoms with Gasteiger partial charge >= 0.3 is 0 Å². The molecule has 0 bridgehead atoms. The molecule has 6 nitrogen and oxygen atoms in total. The summed E-state index contributed by atoms with van der Waals surface area (Å²) in [6.45, 7) is 3.80. The average molecular weight is 294 g/mol. The number of nitrogens with zero attached hydrogens (tertiary/aromatic N) is 3. The lowest BCUT2D eigenvalue weighted by atomic mass is 10.2. The molecule has 7 heteroatoms. The van der Waals surface area contributed by atoms with Gasteiger partial charge in [-0.25, -0.2) is 0 Å². The molecule has 2 aromatic heterocycles. The van der Waals surface area contributed by atoms with E-state index in [2.05, 4.69) is 17.1 Å². The Morgan fingerprint density at radius 3 is 2.95 bits per heavy atom. The van der Waals surface area contributed by atoms with Gasteiger partial charge in [0.25, 0.3) is 5.56 Å². The van der Waals surface area contributed by atoms with Gasteiger partial charge in [0.05, 0.1) is 12.2 Å². The number of H-pyrrole nitrogens is 1. The summed E-state index contributed by atoms with van der Waals surface area (Å²) in [5.74, 6) is 0.591. The van der Waals surface area contributed by atoms with Crippen LogP contribution in [-0.4, -0.2) is 33.0 Å². The van der Waals surface area contributed by atoms with Crippen molar-refractivity contribution in [3.63, 3.8) is 0 Å². The first-order chi connectivity index (χ1) is 9.69. The molecule has 0 unspecified atom stereocenters. The first-order valence-electron chi connectivity index (χ1n) is 6.53. The molecule has 0 aliphatic carbocycles. The molecule has 2 aromatic rings. The number of aromatic nitrogens is 4. The summed E-state index contributed by atoms with van der Waals surface area (Å²) in [5.41, 5.74) is 0.459. The smallest absolute Gasteiger partial charge is 0.261 e. The van der Waals surface area contributed by atoms with Crippen LogP contribution < -0.4 is 5.56 Å². The monoisotopic (exact) mass is 294 g/mol. The van der Waals surface area contributed by atoms with E-state index in [1.165, 1.54) is 0 Å². The second kappa shape index (κ2) is 6.62. The van der Waals surface area contributed by atoms with Gasteiger partial charge in [0, 0.05) is 26.4 Å². The second-order valence-corrected chi connectivity index (χ2v) is 4.80. The summed E-state index contributed by atoms with van der Waals surface area (Å²) in [6.07, 6.45) is 2.67. The second-order valence-electron chi connectivity index (χ2n) is 4.42. The van der Waals surface area contributed by atoms with Crippen molar-refractivity contribution in [2.75, 3.05) is 13.7 Å². The first-order valence-corrected chi connectivity index (χ1v) is 6.93. The molecule has 0 aromatic carbocycles. The van der Waals surface area contributed by atoms with Crippen molar-refractivity contribution in [3.05, 3.63) is 33.5 Å². The van der Waals surface area contributed by atoms with E-state index in [-0.39, 0.29) is 5.56 Å². The van der Waals surface area contributed by atoms with Crippen molar-refractivity contribution in [2.45, 2.75) is 26.4 Å². The lowest BCUT2D eigenvalue weighted by molar-refractivity contribution is 0.186. The fraction of sp³-hybridized carbons (Fsp3) is 0.462. The molecule has 0 amide bonds. The van der Waals surface area contributed by atoms with E-state index >= 15 is 0 Å². The zero-order valence-electron chi connectivity index (χ0n) is 11.6. The molecule has 0 aliphatic heterocycles. The standard InChI is InChI=1S/C13H18N4O2S/c1-3-6-17-11(14-15-13(17)20)10-5-4-7-16(12(10)18)8-9-19-2/h4-5,7H,3,6,8-9H2,1-2H3,(H,15,20). The maximum atomic E-state index is 12.4. The number of hydrogen-bond donors (Lipinski definition) is 1. The molecule has 1 N–H and O–H groups in total. The third kappa shape index (κ3) is 2.88. The van der Waals surface area contributed by atoms with Crippen molar-refractivity contribution in [1.82, 2.24) is 19.3 Å². The number of methoxy groups -OCH3 is 1. The van der Waals surface area contributed by atoms with Gasteiger partial charge in [-0.3, -0.25) is 9.89 Å². The topological polar surface area (TPSA) is 64.8 Å². The zero-order chi connectivity index (χ0) is 14.5. The summed E-state index contributed by atoms with van der Waals surface area (Å²) < 4.78 is 9.02. The van der Waals surface area contributed by atoms with Crippen LogP contribution in [-0.2, 0) is 17.8 Å². The third-order valence-corrected chi connectivity index (χ3v) is 3.31. The maximum Gasteiger partial charge on any atom is 0.261 e. The molecule has 0 aliphatic rings. The lowest BCUT2D eigenvalue weighted by Crippen LogP contribution is -2.23. The molecule has 20 heavy (non-hydrogen) atoms. The fourth-order valence-corrected chi connectivity index (χ4v) is 2.25. The zero-order valence-corrected chi connectivity index (χ0v) is 12.4. The maximum absolute atomic E-state index is 12.4. The van der Waals surface area contributed by atoms with E-state index in [0.717, 1.165) is 13.0 Å². The van der Waals surface area contributed by atoms with E-state index < -0.39 is 0 Å². The van der Waals surface area contributed by atoms with Gasteiger partial charge in [0.15, 0.2) is 10.6 Å². The van der Waals surface area contributed by atoms with E-state index in [0.29, 0.717) is 29.3 Å². The van der Waals surface area contributed by atoms with Crippen LogP contribution in [0, 0.1) is 4.77 Å². The molecule has 0 radical (unpaired) electrons. The Morgan fingerprint density at radius 2 is 2.25 bits per heavy atom. The average Bonchev–Trinajstić information content (AvgIpc) is 2.80. The van der Waals surface area contributed by atoms with Crippen molar-refractivity contribution in [1.29, 1.82) is 0 Å². The number of ether oxygens (including phenoxy) is 1. The van der Waals surface area contributed by atoms with Gasteiger partial charge in [0.1, 0.15) is 0 Å². The summed E-state index contributed by atoms with van der Waals surface area (Å²) in [4.78, 5) is 12.4. The fourth-order valence-electron chi connectivity index (χ4n) is 2.03. The molecule has 2 heterocycles. The van der Waals surface area contributed by atoms with Crippen LogP contribution in [0.4, 0.5) is 0 Å². The van der Waals surface area contributed by atoms with E-state index in [1.54, 1.807) is 23.9 Å². The van der Waals surface area contributed by atoms with Crippen molar-refractivity contribution in [2.24, 2.45) is 0 Å². The minimum atomic E-state index is -0.0871. The molecule has 0 fully saturated rings. The minimum absolute atomic E-state index is 0.0871. The lowest BCUT2D eigenvalue weighted by Gasteiger charge is -2.08. The highest BCUT2D eigenvalue weighted by atomic mass is 32.1. The molecule has 0 saturated heterocycles. The summed E-state index contributed by atoms with van der Waals surface area (Å²) in [5, 5.41) is 6.94. The molecule has 0 atom stereocenters. The van der Waals surface area contributed by atoms with Crippen LogP contribution in [0.1, 0.15) is 13.3 Å². The van der Waals surface area contributed by atoms with E-state index in [4.69, 9.17) is 17.0 Å². The molecular weight excluding hydrogens is 276 g/mol. The number of pyridine rings is 1.